The van der Waals surface area contributed by atoms with E-state index in [0.29, 0.717) is 13.0 Å². The van der Waals surface area contributed by atoms with Gasteiger partial charge in [0.2, 0.25) is 5.88 Å². The number of ether oxygens (including phenoxy) is 2. The van der Waals surface area contributed by atoms with Gasteiger partial charge in [-0.15, -0.1) is 0 Å². The van der Waals surface area contributed by atoms with Crippen molar-refractivity contribution in [1.29, 1.82) is 0 Å². The van der Waals surface area contributed by atoms with Crippen LogP contribution in [0.3, 0.4) is 0 Å². The fraction of sp³-hybridized carbons (Fsp3) is 0.333. The molecule has 1 heterocycles. The molecular weight excluding hydrogens is 230 g/mol. The van der Waals surface area contributed by atoms with Crippen LogP contribution in [-0.2, 0) is 4.79 Å². The van der Waals surface area contributed by atoms with E-state index in [4.69, 9.17) is 10.5 Å². The van der Waals surface area contributed by atoms with E-state index in [1.807, 2.05) is 0 Å². The molecule has 92 valence electrons. The number of carbonyl (C=O) groups excluding carboxylic acids is 1. The van der Waals surface area contributed by atoms with E-state index < -0.39 is 4.92 Å². The van der Waals surface area contributed by atoms with Crippen molar-refractivity contribution < 1.29 is 19.2 Å². The van der Waals surface area contributed by atoms with E-state index in [2.05, 4.69) is 9.72 Å². The molecule has 0 aliphatic carbocycles. The van der Waals surface area contributed by atoms with E-state index in [9.17, 15) is 14.9 Å². The molecule has 0 fully saturated rings. The third-order valence-corrected chi connectivity index (χ3v) is 1.77. The highest BCUT2D eigenvalue weighted by molar-refractivity contribution is 5.47. The fourth-order valence-corrected chi connectivity index (χ4v) is 1.03. The summed E-state index contributed by atoms with van der Waals surface area (Å²) < 4.78 is 9.57. The first kappa shape index (κ1) is 12.8. The summed E-state index contributed by atoms with van der Waals surface area (Å²) in [6.45, 7) is 0.783. The summed E-state index contributed by atoms with van der Waals surface area (Å²) in [5.41, 5.74) is 4.97. The van der Waals surface area contributed by atoms with E-state index >= 15 is 0 Å². The molecule has 0 radical (unpaired) electrons. The van der Waals surface area contributed by atoms with Gasteiger partial charge in [0.05, 0.1) is 11.5 Å². The Morgan fingerprint density at radius 2 is 2.29 bits per heavy atom. The lowest BCUT2D eigenvalue weighted by Gasteiger charge is -2.05. The Bertz CT molecular complexity index is 410. The number of nitro groups is 1. The number of aromatic nitrogens is 1. The Hall–Kier alpha value is -2.22. The van der Waals surface area contributed by atoms with Gasteiger partial charge >= 0.3 is 5.69 Å². The molecule has 2 N–H and O–H groups in total. The van der Waals surface area contributed by atoms with Crippen molar-refractivity contribution >= 4 is 12.2 Å². The molecule has 0 saturated heterocycles. The smallest absolute Gasteiger partial charge is 0.331 e. The van der Waals surface area contributed by atoms with Gasteiger partial charge in [0.25, 0.3) is 12.4 Å². The van der Waals surface area contributed by atoms with Gasteiger partial charge in [-0.25, -0.2) is 0 Å². The standard InChI is InChI=1S/C9H11N3O5/c10-4-1-5-16-9-7(12(14)15)2-3-8(11-9)17-6-13/h2-3,6H,1,4-5,10H2. The maximum atomic E-state index is 10.7. The van der Waals surface area contributed by atoms with Crippen LogP contribution < -0.4 is 15.2 Å². The molecule has 0 spiro atoms. The Kier molecular flexibility index (Phi) is 4.82. The quantitative estimate of drug-likeness (QED) is 0.314. The average molecular weight is 241 g/mol. The van der Waals surface area contributed by atoms with Gasteiger partial charge < -0.3 is 15.2 Å². The van der Waals surface area contributed by atoms with E-state index in [1.165, 1.54) is 6.07 Å². The lowest BCUT2D eigenvalue weighted by Crippen LogP contribution is -2.08. The number of carbonyl (C=O) groups is 1. The Morgan fingerprint density at radius 1 is 1.53 bits per heavy atom. The number of hydrogen-bond donors (Lipinski definition) is 1. The van der Waals surface area contributed by atoms with Gasteiger partial charge in [-0.3, -0.25) is 14.9 Å². The van der Waals surface area contributed by atoms with Gasteiger partial charge in [0.1, 0.15) is 0 Å². The minimum Gasteiger partial charge on any atom is -0.473 e. The van der Waals surface area contributed by atoms with Crippen LogP contribution in [-0.4, -0.2) is 29.5 Å². The fourth-order valence-electron chi connectivity index (χ4n) is 1.03. The minimum absolute atomic E-state index is 0.0617. The SMILES string of the molecule is NCCCOc1nc(OC=O)ccc1[N+](=O)[O-]. The van der Waals surface area contributed by atoms with Crippen LogP contribution in [0.1, 0.15) is 6.42 Å². The maximum Gasteiger partial charge on any atom is 0.331 e. The largest absolute Gasteiger partial charge is 0.473 e. The van der Waals surface area contributed by atoms with Crippen LogP contribution in [0.5, 0.6) is 11.8 Å². The summed E-state index contributed by atoms with van der Waals surface area (Å²) in [5.74, 6) is -0.254. The summed E-state index contributed by atoms with van der Waals surface area (Å²) in [7, 11) is 0. The first-order chi connectivity index (χ1) is 8.19. The monoisotopic (exact) mass is 241 g/mol. The second kappa shape index (κ2) is 6.38. The second-order valence-electron chi connectivity index (χ2n) is 2.94. The summed E-state index contributed by atoms with van der Waals surface area (Å²) >= 11 is 0. The van der Waals surface area contributed by atoms with Gasteiger partial charge in [-0.05, 0) is 13.0 Å². The normalized spacial score (nSPS) is 9.71. The average Bonchev–Trinajstić information content (AvgIpc) is 2.30. The molecule has 1 rings (SSSR count). The molecule has 0 aliphatic rings. The number of rotatable bonds is 7. The van der Waals surface area contributed by atoms with Gasteiger partial charge in [0, 0.05) is 12.1 Å². The third-order valence-electron chi connectivity index (χ3n) is 1.77. The molecule has 0 bridgehead atoms. The first-order valence-corrected chi connectivity index (χ1v) is 4.77. The number of nitrogens with two attached hydrogens (primary N) is 1. The first-order valence-electron chi connectivity index (χ1n) is 4.77. The van der Waals surface area contributed by atoms with Gasteiger partial charge in [0.15, 0.2) is 0 Å². The summed E-state index contributed by atoms with van der Waals surface area (Å²) in [4.78, 5) is 23.9. The highest BCUT2D eigenvalue weighted by Crippen LogP contribution is 2.26. The molecule has 0 amide bonds. The number of nitrogens with zero attached hydrogens (tertiary/aromatic N) is 2. The van der Waals surface area contributed by atoms with Crippen LogP contribution in [0, 0.1) is 10.1 Å². The molecule has 0 unspecified atom stereocenters. The van der Waals surface area contributed by atoms with Crippen molar-refractivity contribution in [3.05, 3.63) is 22.2 Å². The molecule has 0 atom stereocenters. The molecule has 0 aliphatic heterocycles. The molecule has 0 saturated carbocycles. The zero-order valence-electron chi connectivity index (χ0n) is 8.87. The lowest BCUT2D eigenvalue weighted by molar-refractivity contribution is -0.386. The third kappa shape index (κ3) is 3.68. The summed E-state index contributed by atoms with van der Waals surface area (Å²) in [6.07, 6.45) is 0.539. The van der Waals surface area contributed by atoms with Gasteiger partial charge in [-0.1, -0.05) is 0 Å². The molecule has 0 aromatic carbocycles. The highest BCUT2D eigenvalue weighted by atomic mass is 16.6. The topological polar surface area (TPSA) is 118 Å². The molecule has 1 aromatic rings. The number of hydrogen-bond acceptors (Lipinski definition) is 7. The van der Waals surface area contributed by atoms with E-state index in [1.54, 1.807) is 0 Å². The van der Waals surface area contributed by atoms with Crippen molar-refractivity contribution in [1.82, 2.24) is 4.98 Å². The number of pyridine rings is 1. The van der Waals surface area contributed by atoms with Crippen molar-refractivity contribution in [2.24, 2.45) is 5.73 Å². The van der Waals surface area contributed by atoms with Crippen LogP contribution in [0.15, 0.2) is 12.1 Å². The van der Waals surface area contributed by atoms with E-state index in [0.717, 1.165) is 6.07 Å². The minimum atomic E-state index is -0.629. The van der Waals surface area contributed by atoms with Crippen LogP contribution in [0.2, 0.25) is 0 Å². The Labute approximate surface area is 96.5 Å². The highest BCUT2D eigenvalue weighted by Gasteiger charge is 2.18. The molecule has 17 heavy (non-hydrogen) atoms. The van der Waals surface area contributed by atoms with Crippen molar-refractivity contribution in [3.63, 3.8) is 0 Å². The molecule has 8 nitrogen and oxygen atoms in total. The molecular formula is C9H11N3O5. The Balaban J connectivity index is 2.90. The zero-order valence-corrected chi connectivity index (χ0v) is 8.87. The van der Waals surface area contributed by atoms with Crippen LogP contribution in [0.25, 0.3) is 0 Å². The lowest BCUT2D eigenvalue weighted by atomic mass is 10.4. The van der Waals surface area contributed by atoms with Crippen LogP contribution in [0.4, 0.5) is 5.69 Å². The summed E-state index contributed by atoms with van der Waals surface area (Å²) in [6, 6.07) is 2.37. The molecule has 1 aromatic heterocycles. The van der Waals surface area contributed by atoms with E-state index in [-0.39, 0.29) is 30.5 Å². The molecule has 8 heteroatoms. The Morgan fingerprint density at radius 3 is 2.88 bits per heavy atom. The second-order valence-corrected chi connectivity index (χ2v) is 2.94. The zero-order chi connectivity index (χ0) is 12.7. The predicted octanol–water partition coefficient (Wildman–Crippen LogP) is 0.253. The van der Waals surface area contributed by atoms with Crippen molar-refractivity contribution in [3.8, 4) is 11.8 Å². The predicted molar refractivity (Wildman–Crippen MR) is 56.7 cm³/mol. The van der Waals surface area contributed by atoms with Gasteiger partial charge in [-0.2, -0.15) is 4.98 Å². The van der Waals surface area contributed by atoms with Crippen molar-refractivity contribution in [2.75, 3.05) is 13.2 Å². The van der Waals surface area contributed by atoms with Crippen molar-refractivity contribution in [2.45, 2.75) is 6.42 Å². The maximum absolute atomic E-state index is 10.7. The van der Waals surface area contributed by atoms with Crippen LogP contribution >= 0.6 is 0 Å². The summed E-state index contributed by atoms with van der Waals surface area (Å²) in [5, 5.41) is 10.7.